The summed E-state index contributed by atoms with van der Waals surface area (Å²) < 4.78 is 34.2. The number of nitrogens with two attached hydrogens (primary N) is 1. The average Bonchev–Trinajstić information content (AvgIpc) is 2.93. The van der Waals surface area contributed by atoms with Crippen LogP contribution in [-0.2, 0) is 17.8 Å². The van der Waals surface area contributed by atoms with Crippen molar-refractivity contribution in [3.63, 3.8) is 0 Å². The van der Waals surface area contributed by atoms with Gasteiger partial charge in [-0.05, 0) is 61.0 Å². The van der Waals surface area contributed by atoms with Crippen LogP contribution in [0.4, 0.5) is 8.78 Å². The molecule has 0 saturated carbocycles. The standard InChI is InChI=1S/C30H23F2N5O4/c1-17-24-12-13-27(39)37(28(24)36-30(35-17)41-23-10-2-18(3-11-23)14-26(33)38)22-8-5-19(6-9-22)29(40)34-16-20-4-7-21(31)15-25(20)32/h2-13,15H,14,16H2,1H3,(H2,33,38)(H,34,40). The van der Waals surface area contributed by atoms with Crippen molar-refractivity contribution >= 4 is 22.8 Å². The molecule has 206 valence electrons. The summed E-state index contributed by atoms with van der Waals surface area (Å²) in [5.74, 6) is -1.94. The summed E-state index contributed by atoms with van der Waals surface area (Å²) in [4.78, 5) is 45.6. The maximum Gasteiger partial charge on any atom is 0.324 e. The minimum absolute atomic E-state index is 0.0148. The number of aromatic nitrogens is 3. The lowest BCUT2D eigenvalue weighted by Crippen LogP contribution is -2.23. The second kappa shape index (κ2) is 11.3. The van der Waals surface area contributed by atoms with Crippen LogP contribution in [0.1, 0.15) is 27.2 Å². The number of halogens is 2. The molecule has 2 aromatic heterocycles. The number of carbonyl (C=O) groups excluding carboxylic acids is 2. The Kier molecular flexibility index (Phi) is 7.51. The van der Waals surface area contributed by atoms with Crippen LogP contribution in [0, 0.1) is 18.6 Å². The molecule has 9 nitrogen and oxygen atoms in total. The molecule has 0 radical (unpaired) electrons. The number of rotatable bonds is 8. The highest BCUT2D eigenvalue weighted by Gasteiger charge is 2.14. The summed E-state index contributed by atoms with van der Waals surface area (Å²) in [5, 5.41) is 3.22. The Labute approximate surface area is 232 Å². The van der Waals surface area contributed by atoms with Crippen molar-refractivity contribution in [2.24, 2.45) is 5.73 Å². The Morgan fingerprint density at radius 1 is 0.951 bits per heavy atom. The van der Waals surface area contributed by atoms with Crippen LogP contribution < -0.4 is 21.3 Å². The minimum atomic E-state index is -0.753. The number of fused-ring (bicyclic) bond motifs is 1. The predicted octanol–water partition coefficient (Wildman–Crippen LogP) is 4.12. The zero-order valence-electron chi connectivity index (χ0n) is 21.7. The fourth-order valence-electron chi connectivity index (χ4n) is 4.22. The fourth-order valence-corrected chi connectivity index (χ4v) is 4.22. The zero-order chi connectivity index (χ0) is 29.1. The molecule has 11 heteroatoms. The first-order chi connectivity index (χ1) is 19.7. The summed E-state index contributed by atoms with van der Waals surface area (Å²) in [6.45, 7) is 1.64. The summed E-state index contributed by atoms with van der Waals surface area (Å²) in [6, 6.07) is 19.1. The Morgan fingerprint density at radius 3 is 2.37 bits per heavy atom. The first-order valence-electron chi connectivity index (χ1n) is 12.5. The molecule has 41 heavy (non-hydrogen) atoms. The minimum Gasteiger partial charge on any atom is -0.424 e. The third-order valence-corrected chi connectivity index (χ3v) is 6.27. The van der Waals surface area contributed by atoms with Crippen molar-refractivity contribution in [3.05, 3.63) is 123 Å². The molecule has 5 aromatic rings. The first kappa shape index (κ1) is 27.1. The van der Waals surface area contributed by atoms with Crippen molar-refractivity contribution in [1.82, 2.24) is 19.9 Å². The van der Waals surface area contributed by atoms with Gasteiger partial charge in [-0.15, -0.1) is 0 Å². The monoisotopic (exact) mass is 555 g/mol. The van der Waals surface area contributed by atoms with Gasteiger partial charge in [-0.3, -0.25) is 19.0 Å². The third-order valence-electron chi connectivity index (χ3n) is 6.27. The molecule has 0 fully saturated rings. The van der Waals surface area contributed by atoms with Gasteiger partial charge in [0.15, 0.2) is 5.65 Å². The Morgan fingerprint density at radius 2 is 1.68 bits per heavy atom. The van der Waals surface area contributed by atoms with Crippen LogP contribution >= 0.6 is 0 Å². The lowest BCUT2D eigenvalue weighted by atomic mass is 10.1. The molecule has 3 aromatic carbocycles. The summed E-state index contributed by atoms with van der Waals surface area (Å²) in [5.41, 5.74) is 7.35. The molecule has 0 aliphatic rings. The van der Waals surface area contributed by atoms with Crippen LogP contribution in [0.2, 0.25) is 0 Å². The number of benzene rings is 3. The number of hydrogen-bond acceptors (Lipinski definition) is 6. The smallest absolute Gasteiger partial charge is 0.324 e. The maximum absolute atomic E-state index is 13.9. The van der Waals surface area contributed by atoms with E-state index in [1.54, 1.807) is 49.4 Å². The SMILES string of the molecule is Cc1nc(Oc2ccc(CC(N)=O)cc2)nc2c1ccc(=O)n2-c1ccc(C(=O)NCc2ccc(F)cc2F)cc1. The van der Waals surface area contributed by atoms with Gasteiger partial charge < -0.3 is 15.8 Å². The molecule has 0 unspecified atom stereocenters. The number of carbonyl (C=O) groups is 2. The molecule has 0 aliphatic heterocycles. The highest BCUT2D eigenvalue weighted by molar-refractivity contribution is 5.94. The molecule has 0 spiro atoms. The molecule has 3 N–H and O–H groups in total. The van der Waals surface area contributed by atoms with E-state index < -0.39 is 23.4 Å². The van der Waals surface area contributed by atoms with E-state index in [0.29, 0.717) is 28.2 Å². The van der Waals surface area contributed by atoms with E-state index in [1.807, 2.05) is 0 Å². The Hall–Kier alpha value is -5.45. The van der Waals surface area contributed by atoms with Crippen LogP contribution in [0.25, 0.3) is 16.7 Å². The summed E-state index contributed by atoms with van der Waals surface area (Å²) >= 11 is 0. The predicted molar refractivity (Wildman–Crippen MR) is 147 cm³/mol. The van der Waals surface area contributed by atoms with Crippen molar-refractivity contribution in [1.29, 1.82) is 0 Å². The molecule has 0 aliphatic carbocycles. The van der Waals surface area contributed by atoms with Crippen molar-refractivity contribution in [3.8, 4) is 17.4 Å². The normalized spacial score (nSPS) is 10.9. The van der Waals surface area contributed by atoms with E-state index in [2.05, 4.69) is 15.3 Å². The van der Waals surface area contributed by atoms with Gasteiger partial charge >= 0.3 is 6.01 Å². The number of hydrogen-bond donors (Lipinski definition) is 2. The Bertz CT molecular complexity index is 1840. The molecule has 0 atom stereocenters. The van der Waals surface area contributed by atoms with Crippen LogP contribution in [0.5, 0.6) is 11.8 Å². The maximum atomic E-state index is 13.9. The second-order valence-electron chi connectivity index (χ2n) is 9.19. The fraction of sp³-hybridized carbons (Fsp3) is 0.100. The first-order valence-corrected chi connectivity index (χ1v) is 12.5. The van der Waals surface area contributed by atoms with E-state index >= 15 is 0 Å². The topological polar surface area (TPSA) is 129 Å². The van der Waals surface area contributed by atoms with Gasteiger partial charge in [0.25, 0.3) is 11.5 Å². The summed E-state index contributed by atoms with van der Waals surface area (Å²) in [6.07, 6.45) is 0.103. The molecule has 0 saturated heterocycles. The van der Waals surface area contributed by atoms with Crippen molar-refractivity contribution < 1.29 is 23.1 Å². The van der Waals surface area contributed by atoms with E-state index in [1.165, 1.54) is 28.8 Å². The largest absolute Gasteiger partial charge is 0.424 e. The van der Waals surface area contributed by atoms with Crippen LogP contribution in [0.15, 0.2) is 83.7 Å². The highest BCUT2D eigenvalue weighted by Crippen LogP contribution is 2.24. The van der Waals surface area contributed by atoms with Gasteiger partial charge in [-0.25, -0.2) is 8.78 Å². The lowest BCUT2D eigenvalue weighted by molar-refractivity contribution is -0.117. The van der Waals surface area contributed by atoms with Gasteiger partial charge in [-0.1, -0.05) is 18.2 Å². The van der Waals surface area contributed by atoms with Gasteiger partial charge in [-0.2, -0.15) is 9.97 Å². The number of primary amides is 1. The van der Waals surface area contributed by atoms with Crippen molar-refractivity contribution in [2.75, 3.05) is 0 Å². The Balaban J connectivity index is 1.40. The average molecular weight is 556 g/mol. The number of nitrogens with zero attached hydrogens (tertiary/aromatic N) is 3. The zero-order valence-corrected chi connectivity index (χ0v) is 21.7. The van der Waals surface area contributed by atoms with Gasteiger partial charge in [0.05, 0.1) is 17.8 Å². The van der Waals surface area contributed by atoms with E-state index in [-0.39, 0.29) is 35.7 Å². The number of nitrogens with one attached hydrogen (secondary N) is 1. The van der Waals surface area contributed by atoms with E-state index in [0.717, 1.165) is 17.7 Å². The molecule has 0 bridgehead atoms. The molecular weight excluding hydrogens is 532 g/mol. The number of ether oxygens (including phenoxy) is 1. The molecular formula is C30H23F2N5O4. The van der Waals surface area contributed by atoms with Gasteiger partial charge in [0.1, 0.15) is 17.4 Å². The van der Waals surface area contributed by atoms with Gasteiger partial charge in [0, 0.05) is 35.2 Å². The lowest BCUT2D eigenvalue weighted by Gasteiger charge is -2.13. The third kappa shape index (κ3) is 6.09. The second-order valence-corrected chi connectivity index (χ2v) is 9.19. The van der Waals surface area contributed by atoms with Crippen LogP contribution in [0.3, 0.4) is 0 Å². The number of pyridine rings is 1. The van der Waals surface area contributed by atoms with Gasteiger partial charge in [0.2, 0.25) is 5.91 Å². The van der Waals surface area contributed by atoms with Crippen molar-refractivity contribution in [2.45, 2.75) is 19.9 Å². The number of aryl methyl sites for hydroxylation is 1. The quantitative estimate of drug-likeness (QED) is 0.296. The summed E-state index contributed by atoms with van der Waals surface area (Å²) in [7, 11) is 0. The highest BCUT2D eigenvalue weighted by atomic mass is 19.1. The molecule has 2 amide bonds. The van der Waals surface area contributed by atoms with Crippen LogP contribution in [-0.4, -0.2) is 26.3 Å². The number of amides is 2. The van der Waals surface area contributed by atoms with E-state index in [9.17, 15) is 23.2 Å². The van der Waals surface area contributed by atoms with E-state index in [4.69, 9.17) is 10.5 Å². The molecule has 5 rings (SSSR count). The molecule has 2 heterocycles.